The minimum absolute atomic E-state index is 0.0420. The molecule has 0 radical (unpaired) electrons. The molecule has 0 aromatic rings. The van der Waals surface area contributed by atoms with Crippen LogP contribution in [0.2, 0.25) is 0 Å². The first-order valence-corrected chi connectivity index (χ1v) is 5.99. The van der Waals surface area contributed by atoms with Crippen molar-refractivity contribution in [1.82, 2.24) is 10.6 Å². The van der Waals surface area contributed by atoms with Crippen molar-refractivity contribution < 1.29 is 19.4 Å². The van der Waals surface area contributed by atoms with Crippen molar-refractivity contribution in [3.63, 3.8) is 0 Å². The van der Waals surface area contributed by atoms with E-state index in [1.165, 1.54) is 0 Å². The van der Waals surface area contributed by atoms with E-state index in [9.17, 15) is 9.59 Å². The minimum Gasteiger partial charge on any atom is -0.479 e. The van der Waals surface area contributed by atoms with Gasteiger partial charge in [-0.1, -0.05) is 6.92 Å². The number of aliphatic carboxylic acids is 1. The van der Waals surface area contributed by atoms with Crippen LogP contribution < -0.4 is 10.6 Å². The molecule has 6 heteroatoms. The first kappa shape index (κ1) is 13.9. The Morgan fingerprint density at radius 1 is 1.41 bits per heavy atom. The van der Waals surface area contributed by atoms with Crippen LogP contribution in [0.5, 0.6) is 0 Å². The van der Waals surface area contributed by atoms with Gasteiger partial charge in [-0.25, -0.2) is 4.79 Å². The number of ether oxygens (including phenoxy) is 1. The van der Waals surface area contributed by atoms with E-state index in [4.69, 9.17) is 9.84 Å². The van der Waals surface area contributed by atoms with Crippen LogP contribution in [-0.4, -0.2) is 48.8 Å². The van der Waals surface area contributed by atoms with E-state index in [1.54, 1.807) is 0 Å². The summed E-state index contributed by atoms with van der Waals surface area (Å²) in [5, 5.41) is 14.4. The number of hydrogen-bond donors (Lipinski definition) is 3. The predicted molar refractivity (Wildman–Crippen MR) is 61.7 cm³/mol. The van der Waals surface area contributed by atoms with E-state index < -0.39 is 12.1 Å². The lowest BCUT2D eigenvalue weighted by Gasteiger charge is -2.12. The molecule has 0 bridgehead atoms. The maximum Gasteiger partial charge on any atom is 0.332 e. The van der Waals surface area contributed by atoms with Crippen LogP contribution in [-0.2, 0) is 14.3 Å². The van der Waals surface area contributed by atoms with Crippen LogP contribution >= 0.6 is 0 Å². The average Bonchev–Trinajstić information content (AvgIpc) is 2.75. The Morgan fingerprint density at radius 2 is 2.18 bits per heavy atom. The van der Waals surface area contributed by atoms with E-state index in [2.05, 4.69) is 10.6 Å². The molecule has 2 atom stereocenters. The Bertz CT molecular complexity index is 270. The van der Waals surface area contributed by atoms with Crippen LogP contribution in [0.1, 0.15) is 26.2 Å². The number of nitrogens with one attached hydrogen (secondary N) is 2. The highest BCUT2D eigenvalue weighted by atomic mass is 16.5. The maximum absolute atomic E-state index is 11.2. The summed E-state index contributed by atoms with van der Waals surface area (Å²) in [6, 6.07) is 0. The van der Waals surface area contributed by atoms with Gasteiger partial charge in [-0.15, -0.1) is 0 Å². The fraction of sp³-hybridized carbons (Fsp3) is 0.818. The Kier molecular flexibility index (Phi) is 5.93. The first-order valence-electron chi connectivity index (χ1n) is 5.99. The summed E-state index contributed by atoms with van der Waals surface area (Å²) in [5.41, 5.74) is 0. The smallest absolute Gasteiger partial charge is 0.332 e. The quantitative estimate of drug-likeness (QED) is 0.574. The van der Waals surface area contributed by atoms with Gasteiger partial charge in [0.2, 0.25) is 5.91 Å². The Labute approximate surface area is 101 Å². The van der Waals surface area contributed by atoms with Gasteiger partial charge in [-0.05, 0) is 19.3 Å². The molecule has 0 aromatic heterocycles. The van der Waals surface area contributed by atoms with Crippen molar-refractivity contribution in [1.29, 1.82) is 0 Å². The summed E-state index contributed by atoms with van der Waals surface area (Å²) in [6.45, 7) is 3.44. The Hall–Kier alpha value is -1.14. The van der Waals surface area contributed by atoms with Gasteiger partial charge >= 0.3 is 5.97 Å². The molecule has 3 N–H and O–H groups in total. The zero-order valence-corrected chi connectivity index (χ0v) is 10.1. The van der Waals surface area contributed by atoms with Crippen molar-refractivity contribution >= 4 is 11.9 Å². The highest BCUT2D eigenvalue weighted by Gasteiger charge is 2.29. The van der Waals surface area contributed by atoms with E-state index in [-0.39, 0.29) is 18.6 Å². The SMILES string of the molecule is CCCNC(=O)CNCC1CCC(C(=O)O)O1. The molecule has 1 saturated heterocycles. The second-order valence-electron chi connectivity index (χ2n) is 4.14. The number of carboxylic acid groups (broad SMARTS) is 1. The molecule has 1 rings (SSSR count). The molecular formula is C11H20N2O4. The fourth-order valence-corrected chi connectivity index (χ4v) is 1.71. The standard InChI is InChI=1S/C11H20N2O4/c1-2-5-13-10(14)7-12-6-8-3-4-9(17-8)11(15)16/h8-9,12H,2-7H2,1H3,(H,13,14)(H,15,16). The summed E-state index contributed by atoms with van der Waals surface area (Å²) in [5.74, 6) is -0.951. The lowest BCUT2D eigenvalue weighted by Crippen LogP contribution is -2.37. The normalized spacial score (nSPS) is 23.6. The van der Waals surface area contributed by atoms with Crippen LogP contribution in [0, 0.1) is 0 Å². The van der Waals surface area contributed by atoms with Gasteiger partial charge in [0.1, 0.15) is 0 Å². The second kappa shape index (κ2) is 7.24. The lowest BCUT2D eigenvalue weighted by atomic mass is 10.2. The third-order valence-electron chi connectivity index (χ3n) is 2.61. The highest BCUT2D eigenvalue weighted by molar-refractivity contribution is 5.77. The molecule has 17 heavy (non-hydrogen) atoms. The largest absolute Gasteiger partial charge is 0.479 e. The summed E-state index contributed by atoms with van der Waals surface area (Å²) in [7, 11) is 0. The van der Waals surface area contributed by atoms with Crippen LogP contribution in [0.4, 0.5) is 0 Å². The maximum atomic E-state index is 11.2. The number of carboxylic acids is 1. The number of amides is 1. The molecule has 1 heterocycles. The zero-order valence-electron chi connectivity index (χ0n) is 10.1. The van der Waals surface area contributed by atoms with Crippen LogP contribution in [0.25, 0.3) is 0 Å². The lowest BCUT2D eigenvalue weighted by molar-refractivity contribution is -0.149. The fourth-order valence-electron chi connectivity index (χ4n) is 1.71. The van der Waals surface area contributed by atoms with Crippen molar-refractivity contribution in [3.8, 4) is 0 Å². The number of carbonyl (C=O) groups is 2. The number of rotatable bonds is 7. The molecular weight excluding hydrogens is 224 g/mol. The van der Waals surface area contributed by atoms with Crippen LogP contribution in [0.3, 0.4) is 0 Å². The topological polar surface area (TPSA) is 87.7 Å². The molecule has 0 aromatic carbocycles. The van der Waals surface area contributed by atoms with Gasteiger partial charge in [0.05, 0.1) is 12.6 Å². The Morgan fingerprint density at radius 3 is 2.76 bits per heavy atom. The van der Waals surface area contributed by atoms with E-state index >= 15 is 0 Å². The van der Waals surface area contributed by atoms with Crippen molar-refractivity contribution in [2.45, 2.75) is 38.4 Å². The molecule has 98 valence electrons. The molecule has 0 saturated carbocycles. The van der Waals surface area contributed by atoms with E-state index in [1.807, 2.05) is 6.92 Å². The molecule has 1 amide bonds. The summed E-state index contributed by atoms with van der Waals surface area (Å²) < 4.78 is 5.29. The van der Waals surface area contributed by atoms with Gasteiger partial charge in [0, 0.05) is 13.1 Å². The third kappa shape index (κ3) is 5.14. The van der Waals surface area contributed by atoms with Crippen molar-refractivity contribution in [2.24, 2.45) is 0 Å². The van der Waals surface area contributed by atoms with Gasteiger partial charge in [-0.3, -0.25) is 4.79 Å². The zero-order chi connectivity index (χ0) is 12.7. The summed E-state index contributed by atoms with van der Waals surface area (Å²) >= 11 is 0. The molecule has 0 spiro atoms. The van der Waals surface area contributed by atoms with Gasteiger partial charge in [0.15, 0.2) is 6.10 Å². The molecule has 0 aliphatic carbocycles. The van der Waals surface area contributed by atoms with Crippen molar-refractivity contribution in [3.05, 3.63) is 0 Å². The molecule has 1 aliphatic rings. The molecule has 2 unspecified atom stereocenters. The van der Waals surface area contributed by atoms with E-state index in [0.29, 0.717) is 19.5 Å². The third-order valence-corrected chi connectivity index (χ3v) is 2.61. The van der Waals surface area contributed by atoms with Gasteiger partial charge in [-0.2, -0.15) is 0 Å². The number of carbonyl (C=O) groups excluding carboxylic acids is 1. The minimum atomic E-state index is -0.909. The van der Waals surface area contributed by atoms with Gasteiger partial charge in [0.25, 0.3) is 0 Å². The monoisotopic (exact) mass is 244 g/mol. The molecule has 6 nitrogen and oxygen atoms in total. The summed E-state index contributed by atoms with van der Waals surface area (Å²) in [6.07, 6.45) is 1.40. The summed E-state index contributed by atoms with van der Waals surface area (Å²) in [4.78, 5) is 21.9. The number of hydrogen-bond acceptors (Lipinski definition) is 4. The second-order valence-corrected chi connectivity index (χ2v) is 4.14. The molecule has 1 fully saturated rings. The van der Waals surface area contributed by atoms with E-state index in [0.717, 1.165) is 12.8 Å². The van der Waals surface area contributed by atoms with Crippen LogP contribution in [0.15, 0.2) is 0 Å². The average molecular weight is 244 g/mol. The first-order chi connectivity index (χ1) is 8.13. The van der Waals surface area contributed by atoms with Crippen molar-refractivity contribution in [2.75, 3.05) is 19.6 Å². The predicted octanol–water partition coefficient (Wildman–Crippen LogP) is -0.266. The Balaban J connectivity index is 2.08. The molecule has 1 aliphatic heterocycles. The highest BCUT2D eigenvalue weighted by Crippen LogP contribution is 2.18. The van der Waals surface area contributed by atoms with Gasteiger partial charge < -0.3 is 20.5 Å².